The molecule has 1 aromatic carbocycles. The zero-order valence-electron chi connectivity index (χ0n) is 20.5. The van der Waals surface area contributed by atoms with Gasteiger partial charge in [-0.15, -0.1) is 22.7 Å². The largest absolute Gasteiger partial charge is 0.454 e. The van der Waals surface area contributed by atoms with Gasteiger partial charge in [-0.3, -0.25) is 19.3 Å². The third-order valence-corrected chi connectivity index (χ3v) is 8.27. The van der Waals surface area contributed by atoms with E-state index in [4.69, 9.17) is 9.40 Å². The Morgan fingerprint density at radius 3 is 2.68 bits per heavy atom. The van der Waals surface area contributed by atoms with Crippen molar-refractivity contribution in [2.24, 2.45) is 5.92 Å². The van der Waals surface area contributed by atoms with Crippen molar-refractivity contribution in [2.75, 3.05) is 31.1 Å². The molecule has 0 aliphatic carbocycles. The molecule has 0 saturated carbocycles. The highest BCUT2D eigenvalue weighted by Crippen LogP contribution is 2.32. The topological polar surface area (TPSA) is 95.8 Å². The zero-order chi connectivity index (χ0) is 25.8. The molecule has 10 heteroatoms. The Morgan fingerprint density at radius 1 is 1.14 bits per heavy atom. The van der Waals surface area contributed by atoms with Gasteiger partial charge in [0.15, 0.2) is 10.9 Å². The maximum Gasteiger partial charge on any atom is 0.270 e. The van der Waals surface area contributed by atoms with E-state index in [1.807, 2.05) is 53.2 Å². The van der Waals surface area contributed by atoms with E-state index in [1.165, 1.54) is 22.7 Å². The van der Waals surface area contributed by atoms with Crippen LogP contribution in [0.25, 0.3) is 22.4 Å². The Labute approximate surface area is 222 Å². The van der Waals surface area contributed by atoms with Crippen LogP contribution in [0.2, 0.25) is 0 Å². The number of aromatic nitrogens is 1. The minimum atomic E-state index is -0.108. The van der Waals surface area contributed by atoms with Crippen LogP contribution in [-0.2, 0) is 9.59 Å². The van der Waals surface area contributed by atoms with Crippen LogP contribution in [0.5, 0.6) is 0 Å². The molecule has 192 valence electrons. The van der Waals surface area contributed by atoms with Gasteiger partial charge >= 0.3 is 0 Å². The molecule has 3 aromatic heterocycles. The van der Waals surface area contributed by atoms with Crippen LogP contribution < -0.4 is 10.2 Å². The number of likely N-dealkylation sites (tertiary alicyclic amines) is 1. The number of fused-ring (bicyclic) bond motifs is 1. The maximum absolute atomic E-state index is 13.3. The molecule has 1 aliphatic heterocycles. The Balaban J connectivity index is 1.23. The van der Waals surface area contributed by atoms with Gasteiger partial charge in [-0.25, -0.2) is 4.98 Å². The molecule has 1 aliphatic rings. The molecule has 3 amide bonds. The normalized spacial score (nSPS) is 14.1. The molecule has 8 nitrogen and oxygen atoms in total. The summed E-state index contributed by atoms with van der Waals surface area (Å²) in [7, 11) is 0. The van der Waals surface area contributed by atoms with Gasteiger partial charge in [0, 0.05) is 49.8 Å². The molecule has 37 heavy (non-hydrogen) atoms. The Hall–Kier alpha value is -3.50. The summed E-state index contributed by atoms with van der Waals surface area (Å²) in [6, 6.07) is 13.4. The van der Waals surface area contributed by atoms with E-state index < -0.39 is 0 Å². The summed E-state index contributed by atoms with van der Waals surface area (Å²) >= 11 is 2.79. The molecule has 1 fully saturated rings. The number of piperidine rings is 1. The minimum absolute atomic E-state index is 0.0146. The summed E-state index contributed by atoms with van der Waals surface area (Å²) in [5, 5.41) is 8.39. The van der Waals surface area contributed by atoms with Crippen LogP contribution in [0, 0.1) is 5.92 Å². The van der Waals surface area contributed by atoms with E-state index in [0.717, 1.165) is 11.0 Å². The number of furan rings is 1. The van der Waals surface area contributed by atoms with E-state index in [2.05, 4.69) is 5.32 Å². The van der Waals surface area contributed by atoms with Crippen LogP contribution in [0.3, 0.4) is 0 Å². The van der Waals surface area contributed by atoms with Crippen molar-refractivity contribution < 1.29 is 18.8 Å². The number of nitrogens with one attached hydrogen (secondary N) is 1. The van der Waals surface area contributed by atoms with Crippen LogP contribution in [0.15, 0.2) is 57.6 Å². The van der Waals surface area contributed by atoms with Crippen molar-refractivity contribution in [2.45, 2.75) is 26.2 Å². The first-order valence-electron chi connectivity index (χ1n) is 12.3. The maximum atomic E-state index is 13.3. The van der Waals surface area contributed by atoms with Gasteiger partial charge < -0.3 is 14.6 Å². The highest BCUT2D eigenvalue weighted by atomic mass is 32.1. The van der Waals surface area contributed by atoms with Crippen molar-refractivity contribution in [3.63, 3.8) is 0 Å². The van der Waals surface area contributed by atoms with Crippen molar-refractivity contribution in [1.29, 1.82) is 0 Å². The molecule has 5 rings (SSSR count). The van der Waals surface area contributed by atoms with E-state index in [0.29, 0.717) is 66.9 Å². The van der Waals surface area contributed by atoms with E-state index in [9.17, 15) is 14.4 Å². The lowest BCUT2D eigenvalue weighted by molar-refractivity contribution is -0.133. The number of thiophene rings is 1. The Bertz CT molecular complexity index is 1350. The van der Waals surface area contributed by atoms with Crippen LogP contribution in [0.4, 0.5) is 5.13 Å². The molecule has 0 atom stereocenters. The number of hydrogen-bond acceptors (Lipinski definition) is 7. The molecular weight excluding hydrogens is 508 g/mol. The summed E-state index contributed by atoms with van der Waals surface area (Å²) in [6.07, 6.45) is 1.95. The molecule has 0 unspecified atom stereocenters. The van der Waals surface area contributed by atoms with Gasteiger partial charge in [0.05, 0.1) is 4.88 Å². The fourth-order valence-electron chi connectivity index (χ4n) is 4.48. The number of carbonyl (C=O) groups is 3. The lowest BCUT2D eigenvalue weighted by Crippen LogP contribution is -2.42. The molecule has 0 spiro atoms. The number of para-hydroxylation sites is 1. The number of thiazole rings is 1. The van der Waals surface area contributed by atoms with Gasteiger partial charge in [0.2, 0.25) is 11.8 Å². The first kappa shape index (κ1) is 25.2. The highest BCUT2D eigenvalue weighted by molar-refractivity contribution is 7.14. The summed E-state index contributed by atoms with van der Waals surface area (Å²) in [5.41, 5.74) is 1.48. The summed E-state index contributed by atoms with van der Waals surface area (Å²) < 4.78 is 5.96. The Kier molecular flexibility index (Phi) is 7.66. The number of benzene rings is 1. The minimum Gasteiger partial charge on any atom is -0.454 e. The molecule has 4 heterocycles. The lowest BCUT2D eigenvalue weighted by Gasteiger charge is -2.30. The summed E-state index contributed by atoms with van der Waals surface area (Å²) in [6.45, 7) is 3.68. The standard InChI is InChI=1S/C27H28N4O4S2/c1-18(32)30-13-9-19(10-14-30)25(33)28-11-5-12-31(26(34)24-8-4-15-36-24)27-29-21(17-37-27)23-16-20-6-2-3-7-22(20)35-23/h2-4,6-8,15-17,19H,5,9-14H2,1H3,(H,28,33). The Morgan fingerprint density at radius 2 is 1.95 bits per heavy atom. The number of nitrogens with zero attached hydrogens (tertiary/aromatic N) is 3. The first-order valence-corrected chi connectivity index (χ1v) is 14.1. The SMILES string of the molecule is CC(=O)N1CCC(C(=O)NCCCN(C(=O)c2cccs2)c2nc(-c3cc4ccccc4o3)cs2)CC1. The number of hydrogen-bond donors (Lipinski definition) is 1. The smallest absolute Gasteiger partial charge is 0.270 e. The van der Waals surface area contributed by atoms with Crippen LogP contribution in [-0.4, -0.2) is 53.8 Å². The first-order chi connectivity index (χ1) is 18.0. The third-order valence-electron chi connectivity index (χ3n) is 6.55. The second-order valence-corrected chi connectivity index (χ2v) is 10.8. The monoisotopic (exact) mass is 536 g/mol. The summed E-state index contributed by atoms with van der Waals surface area (Å²) in [4.78, 5) is 46.3. The predicted molar refractivity (Wildman–Crippen MR) is 146 cm³/mol. The van der Waals surface area contributed by atoms with Crippen LogP contribution in [0.1, 0.15) is 35.9 Å². The summed E-state index contributed by atoms with van der Waals surface area (Å²) in [5.74, 6) is 0.546. The lowest BCUT2D eigenvalue weighted by atomic mass is 9.96. The second kappa shape index (κ2) is 11.3. The van der Waals surface area contributed by atoms with Gasteiger partial charge in [-0.2, -0.15) is 0 Å². The fourth-order valence-corrected chi connectivity index (χ4v) is 5.99. The number of rotatable bonds is 8. The number of amides is 3. The molecule has 0 bridgehead atoms. The van der Waals surface area contributed by atoms with E-state index in [-0.39, 0.29) is 23.6 Å². The number of anilines is 1. The average molecular weight is 537 g/mol. The molecular formula is C27H28N4O4S2. The number of carbonyl (C=O) groups excluding carboxylic acids is 3. The van der Waals surface area contributed by atoms with Crippen molar-refractivity contribution >= 4 is 56.5 Å². The molecule has 1 saturated heterocycles. The third kappa shape index (κ3) is 5.75. The van der Waals surface area contributed by atoms with Gasteiger partial charge in [0.1, 0.15) is 11.3 Å². The van der Waals surface area contributed by atoms with Gasteiger partial charge in [-0.1, -0.05) is 24.3 Å². The molecule has 1 N–H and O–H groups in total. The van der Waals surface area contributed by atoms with Crippen molar-refractivity contribution in [3.05, 3.63) is 58.1 Å². The predicted octanol–water partition coefficient (Wildman–Crippen LogP) is 5.03. The van der Waals surface area contributed by atoms with Gasteiger partial charge in [-0.05, 0) is 42.8 Å². The molecule has 0 radical (unpaired) electrons. The second-order valence-electron chi connectivity index (χ2n) is 9.02. The van der Waals surface area contributed by atoms with E-state index >= 15 is 0 Å². The quantitative estimate of drug-likeness (QED) is 0.319. The van der Waals surface area contributed by atoms with Gasteiger partial charge in [0.25, 0.3) is 5.91 Å². The fraction of sp³-hybridized carbons (Fsp3) is 0.333. The zero-order valence-corrected chi connectivity index (χ0v) is 22.1. The average Bonchev–Trinajstić information content (AvgIpc) is 3.69. The van der Waals surface area contributed by atoms with Crippen molar-refractivity contribution in [1.82, 2.24) is 15.2 Å². The van der Waals surface area contributed by atoms with Crippen LogP contribution >= 0.6 is 22.7 Å². The molecule has 4 aromatic rings. The highest BCUT2D eigenvalue weighted by Gasteiger charge is 2.26. The van der Waals surface area contributed by atoms with E-state index in [1.54, 1.807) is 16.7 Å². The van der Waals surface area contributed by atoms with Crippen molar-refractivity contribution in [3.8, 4) is 11.5 Å².